The summed E-state index contributed by atoms with van der Waals surface area (Å²) >= 11 is 6.10. The van der Waals surface area contributed by atoms with Crippen LogP contribution in [0, 0.1) is 25.5 Å². The lowest BCUT2D eigenvalue weighted by Gasteiger charge is -2.44. The van der Waals surface area contributed by atoms with Crippen LogP contribution in [0.3, 0.4) is 0 Å². The number of likely N-dealkylation sites (tertiary alicyclic amines) is 6. The fraction of sp³-hybridized carbons (Fsp3) is 0.659. The molecule has 1 amide bonds. The van der Waals surface area contributed by atoms with E-state index in [1.54, 1.807) is 43.2 Å². The average Bonchev–Trinajstić information content (AvgIpc) is 0.813. The normalized spacial score (nSPS) is 20.1. The predicted molar refractivity (Wildman–Crippen MR) is 444 cm³/mol. The van der Waals surface area contributed by atoms with Crippen molar-refractivity contribution in [1.82, 2.24) is 69.6 Å². The number of hydrogen-bond donors (Lipinski definition) is 8. The van der Waals surface area contributed by atoms with E-state index in [9.17, 15) is 44.2 Å². The van der Waals surface area contributed by atoms with Gasteiger partial charge < -0.3 is 70.5 Å². The number of piperidine rings is 6. The average molecular weight is 1590 g/mol. The molecule has 0 saturated carbocycles. The smallest absolute Gasteiger partial charge is 0.251 e. The molecule has 0 aliphatic carbocycles. The Kier molecular flexibility index (Phi) is 37.0. The van der Waals surface area contributed by atoms with Crippen LogP contribution in [0.4, 0.5) is 8.78 Å². The molecule has 6 aliphatic rings. The number of hydrogen-bond acceptors (Lipinski definition) is 21. The first kappa shape index (κ1) is 94.1. The molecule has 22 nitrogen and oxygen atoms in total. The fourth-order valence-electron chi connectivity index (χ4n) is 15.8. The van der Waals surface area contributed by atoms with E-state index in [1.807, 2.05) is 62.4 Å². The zero-order chi connectivity index (χ0) is 82.7. The number of pyridine rings is 5. The van der Waals surface area contributed by atoms with E-state index in [-0.39, 0.29) is 11.6 Å². The zero-order valence-corrected chi connectivity index (χ0v) is 71.1. The van der Waals surface area contributed by atoms with Gasteiger partial charge in [-0.1, -0.05) is 23.7 Å². The number of amides is 1. The SMILES string of the molecule is CC(C)N1CCC(Cc2ccccn2)(NC(=O)C(O)CO)CC1.CC(C)N1CCC(O)(Cc2cncc(F)c2)CC1.CC(C)N1CCC(O)(Cc2ncccc2Cl)CC1.CC(C)N1CCC(O)(Cc2ncccc2F)CC1.Cc1cccc(CC2(O)CCN(C(C)C)CC2)n1.Cc1cnc(CC2(O)CCN(C(C)C)CC2)cn1. The summed E-state index contributed by atoms with van der Waals surface area (Å²) in [6, 6.07) is 23.0. The molecule has 6 aliphatic heterocycles. The Hall–Kier alpha value is -6.07. The molecule has 0 radical (unpaired) electrons. The van der Waals surface area contributed by atoms with Crippen molar-refractivity contribution in [2.24, 2.45) is 0 Å². The predicted octanol–water partition coefficient (Wildman–Crippen LogP) is 10.6. The highest BCUT2D eigenvalue weighted by Crippen LogP contribution is 2.34. The Morgan fingerprint density at radius 1 is 0.434 bits per heavy atom. The molecular formula is C88H137ClF2N14O8. The first-order chi connectivity index (χ1) is 53.4. The number of aromatic nitrogens is 7. The summed E-state index contributed by atoms with van der Waals surface area (Å²) in [5.41, 5.74) is 2.96. The molecule has 0 spiro atoms. The summed E-state index contributed by atoms with van der Waals surface area (Å²) in [7, 11) is 0. The Morgan fingerprint density at radius 3 is 1.24 bits per heavy atom. The van der Waals surface area contributed by atoms with Crippen LogP contribution in [-0.4, -0.2) is 267 Å². The van der Waals surface area contributed by atoms with Crippen molar-refractivity contribution in [3.63, 3.8) is 0 Å². The highest BCUT2D eigenvalue weighted by Gasteiger charge is 2.41. The maximum atomic E-state index is 13.5. The quantitative estimate of drug-likeness (QED) is 0.0332. The van der Waals surface area contributed by atoms with Gasteiger partial charge in [-0.3, -0.25) is 39.7 Å². The lowest BCUT2D eigenvalue weighted by molar-refractivity contribution is -0.134. The zero-order valence-electron chi connectivity index (χ0n) is 70.3. The van der Waals surface area contributed by atoms with E-state index in [0.717, 1.165) is 182 Å². The third kappa shape index (κ3) is 31.4. The van der Waals surface area contributed by atoms with Crippen LogP contribution in [0.5, 0.6) is 0 Å². The van der Waals surface area contributed by atoms with Crippen LogP contribution in [0.15, 0.2) is 110 Å². The number of carbonyl (C=O) groups excluding carboxylic acids is 1. The van der Waals surface area contributed by atoms with Gasteiger partial charge in [-0.05, 0) is 234 Å². The Morgan fingerprint density at radius 2 is 0.841 bits per heavy atom. The minimum Gasteiger partial charge on any atom is -0.393 e. The van der Waals surface area contributed by atoms with Crippen LogP contribution in [-0.2, 0) is 43.3 Å². The standard InChI is InChI=1S/C17H27N3O3.C15H24N2O.C14H21ClN2O.2C14H21FN2O.C14H23N3O/c1-13(2)20-9-6-17(7-10-20,19-16(23)15(22)12-21)11-14-5-3-4-8-18-14;1-12(2)17-9-7-15(18,8-10-17)11-14-6-4-5-13(3)16-14;1-11(2)17-8-5-14(18,6-9-17)10-13-12(15)4-3-7-16-13;1-11(2)17-5-3-14(18,4-6-17)8-12-7-13(15)10-16-9-12;1-11(2)17-8-5-14(18,6-9-17)10-13-12(15)4-3-7-16-13;1-11(2)17-6-4-14(18,5-7-17)8-13-10-15-12(3)9-16-13/h3-5,8,13,15,21-22H,6-7,9-12H2,1-2H3,(H,19,23);4-6,12,18H,7-11H2,1-3H3;3-4,7,11,18H,5-6,8-10H2,1-2H3;7,9-11,18H,3-6,8H2,1-2H3;3-4,7,11,18H,5-6,8-10H2,1-2H3;9-11,18H,4-8H2,1-3H3. The van der Waals surface area contributed by atoms with E-state index < -0.39 is 52.2 Å². The number of halogens is 3. The van der Waals surface area contributed by atoms with Crippen molar-refractivity contribution in [2.45, 2.75) is 288 Å². The topological polar surface area (TPSA) is 280 Å². The summed E-state index contributed by atoms with van der Waals surface area (Å²) in [6.07, 6.45) is 22.7. The lowest BCUT2D eigenvalue weighted by atomic mass is 9.82. The second-order valence-corrected chi connectivity index (χ2v) is 35.0. The number of aliphatic hydroxyl groups excluding tert-OH is 2. The highest BCUT2D eigenvalue weighted by atomic mass is 35.5. The van der Waals surface area contributed by atoms with Gasteiger partial charge in [0, 0.05) is 213 Å². The van der Waals surface area contributed by atoms with E-state index >= 15 is 0 Å². The second kappa shape index (κ2) is 44.5. The monoisotopic (exact) mass is 1590 g/mol. The summed E-state index contributed by atoms with van der Waals surface area (Å²) in [5.74, 6) is -1.17. The maximum absolute atomic E-state index is 13.5. The van der Waals surface area contributed by atoms with Crippen molar-refractivity contribution >= 4 is 17.5 Å². The maximum Gasteiger partial charge on any atom is 0.251 e. The molecule has 113 heavy (non-hydrogen) atoms. The van der Waals surface area contributed by atoms with E-state index in [0.29, 0.717) is 98.3 Å². The lowest BCUT2D eigenvalue weighted by Crippen LogP contribution is -2.59. The first-order valence-electron chi connectivity index (χ1n) is 41.5. The van der Waals surface area contributed by atoms with Crippen LogP contribution >= 0.6 is 11.6 Å². The van der Waals surface area contributed by atoms with Crippen molar-refractivity contribution in [3.8, 4) is 0 Å². The van der Waals surface area contributed by atoms with E-state index in [4.69, 9.17) is 16.7 Å². The Labute approximate surface area is 678 Å². The molecule has 8 N–H and O–H groups in total. The second-order valence-electron chi connectivity index (χ2n) is 34.5. The molecule has 6 saturated heterocycles. The van der Waals surface area contributed by atoms with Crippen molar-refractivity contribution in [1.29, 1.82) is 0 Å². The van der Waals surface area contributed by atoms with Crippen molar-refractivity contribution in [2.75, 3.05) is 85.1 Å². The molecule has 628 valence electrons. The molecule has 6 aromatic heterocycles. The molecule has 12 heterocycles. The van der Waals surface area contributed by atoms with Crippen LogP contribution in [0.1, 0.15) is 206 Å². The van der Waals surface area contributed by atoms with Crippen molar-refractivity contribution < 1.29 is 49.3 Å². The number of nitrogens with one attached hydrogen (secondary N) is 1. The highest BCUT2D eigenvalue weighted by molar-refractivity contribution is 6.31. The van der Waals surface area contributed by atoms with Crippen LogP contribution in [0.2, 0.25) is 5.02 Å². The largest absolute Gasteiger partial charge is 0.393 e. The van der Waals surface area contributed by atoms with Crippen LogP contribution in [0.25, 0.3) is 0 Å². The molecule has 25 heteroatoms. The third-order valence-corrected chi connectivity index (χ3v) is 24.0. The van der Waals surface area contributed by atoms with Gasteiger partial charge in [0.1, 0.15) is 11.6 Å². The van der Waals surface area contributed by atoms with E-state index in [1.165, 1.54) is 18.3 Å². The van der Waals surface area contributed by atoms with E-state index in [2.05, 4.69) is 153 Å². The van der Waals surface area contributed by atoms with Gasteiger partial charge in [0.05, 0.1) is 68.6 Å². The summed E-state index contributed by atoms with van der Waals surface area (Å²) < 4.78 is 26.6. The molecule has 0 bridgehead atoms. The van der Waals surface area contributed by atoms with Gasteiger partial charge in [0.2, 0.25) is 0 Å². The van der Waals surface area contributed by atoms with Gasteiger partial charge in [0.15, 0.2) is 6.10 Å². The number of nitrogens with zero attached hydrogens (tertiary/aromatic N) is 13. The molecule has 12 rings (SSSR count). The molecule has 1 unspecified atom stereocenters. The fourth-order valence-corrected chi connectivity index (χ4v) is 16.0. The number of aliphatic hydroxyl groups is 7. The van der Waals surface area contributed by atoms with Gasteiger partial charge >= 0.3 is 0 Å². The molecule has 6 fully saturated rings. The molecule has 0 aromatic carbocycles. The number of rotatable bonds is 21. The summed E-state index contributed by atoms with van der Waals surface area (Å²) in [6.45, 7) is 40.7. The van der Waals surface area contributed by atoms with Gasteiger partial charge in [-0.2, -0.15) is 0 Å². The minimum absolute atomic E-state index is 0.311. The van der Waals surface area contributed by atoms with Gasteiger partial charge in [0.25, 0.3) is 5.91 Å². The third-order valence-electron chi connectivity index (χ3n) is 23.6. The summed E-state index contributed by atoms with van der Waals surface area (Å²) in [5, 5.41) is 75.1. The Balaban J connectivity index is 0.000000188. The first-order valence-corrected chi connectivity index (χ1v) is 41.8. The van der Waals surface area contributed by atoms with Gasteiger partial charge in [-0.15, -0.1) is 0 Å². The number of aryl methyl sites for hydroxylation is 2. The van der Waals surface area contributed by atoms with Crippen LogP contribution < -0.4 is 5.32 Å². The minimum atomic E-state index is -1.38. The molecule has 1 atom stereocenters. The molecule has 6 aromatic rings. The van der Waals surface area contributed by atoms with Gasteiger partial charge in [-0.25, -0.2) is 8.78 Å². The summed E-state index contributed by atoms with van der Waals surface area (Å²) in [4.78, 5) is 56.0. The number of carbonyl (C=O) groups is 1. The Bertz CT molecular complexity index is 3570. The van der Waals surface area contributed by atoms with Crippen molar-refractivity contribution in [3.05, 3.63) is 172 Å². The molecular weight excluding hydrogens is 1450 g/mol.